The van der Waals surface area contributed by atoms with Crippen molar-refractivity contribution in [1.82, 2.24) is 10.3 Å². The van der Waals surface area contributed by atoms with Crippen LogP contribution in [0.1, 0.15) is 48.9 Å². The molecule has 1 aromatic carbocycles. The Morgan fingerprint density at radius 1 is 1.24 bits per heavy atom. The SMILES string of the molecule is CC(C(=O)NCc1ccc(C(F)(F)F)nc1OCC1CCC1)c1ccc(NS(C)(=O)=O)c(F)c1. The van der Waals surface area contributed by atoms with Gasteiger partial charge in [-0.15, -0.1) is 0 Å². The Morgan fingerprint density at radius 3 is 2.50 bits per heavy atom. The van der Waals surface area contributed by atoms with E-state index in [0.29, 0.717) is 5.56 Å². The van der Waals surface area contributed by atoms with Gasteiger partial charge in [-0.1, -0.05) is 12.5 Å². The molecule has 0 aliphatic heterocycles. The molecule has 0 spiro atoms. The Labute approximate surface area is 195 Å². The second-order valence-electron chi connectivity index (χ2n) is 8.32. The molecule has 1 aromatic heterocycles. The maximum Gasteiger partial charge on any atom is 0.433 e. The van der Waals surface area contributed by atoms with Gasteiger partial charge in [0.15, 0.2) is 0 Å². The van der Waals surface area contributed by atoms with E-state index in [4.69, 9.17) is 4.74 Å². The number of nitrogens with zero attached hydrogens (tertiary/aromatic N) is 1. The zero-order chi connectivity index (χ0) is 25.1. The second-order valence-corrected chi connectivity index (χ2v) is 10.1. The third-order valence-electron chi connectivity index (χ3n) is 5.54. The van der Waals surface area contributed by atoms with E-state index in [0.717, 1.165) is 37.7 Å². The number of amides is 1. The van der Waals surface area contributed by atoms with E-state index in [9.17, 15) is 30.8 Å². The fourth-order valence-electron chi connectivity index (χ4n) is 3.31. The van der Waals surface area contributed by atoms with E-state index in [-0.39, 0.29) is 36.2 Å². The average molecular weight is 504 g/mol. The Bertz CT molecular complexity index is 1150. The first-order chi connectivity index (χ1) is 15.8. The largest absolute Gasteiger partial charge is 0.477 e. The third-order valence-corrected chi connectivity index (χ3v) is 6.14. The Morgan fingerprint density at radius 2 is 1.94 bits per heavy atom. The minimum atomic E-state index is -4.63. The van der Waals surface area contributed by atoms with Gasteiger partial charge in [-0.25, -0.2) is 17.8 Å². The molecule has 0 bridgehead atoms. The highest BCUT2D eigenvalue weighted by molar-refractivity contribution is 7.92. The lowest BCUT2D eigenvalue weighted by molar-refractivity contribution is -0.141. The van der Waals surface area contributed by atoms with Crippen molar-refractivity contribution in [1.29, 1.82) is 0 Å². The average Bonchev–Trinajstić information content (AvgIpc) is 2.70. The summed E-state index contributed by atoms with van der Waals surface area (Å²) < 4.78 is 83.7. The number of hydrogen-bond acceptors (Lipinski definition) is 5. The van der Waals surface area contributed by atoms with Crippen LogP contribution >= 0.6 is 0 Å². The molecule has 12 heteroatoms. The summed E-state index contributed by atoms with van der Waals surface area (Å²) >= 11 is 0. The zero-order valence-electron chi connectivity index (χ0n) is 18.6. The molecule has 1 atom stereocenters. The van der Waals surface area contributed by atoms with Crippen LogP contribution in [0, 0.1) is 11.7 Å². The van der Waals surface area contributed by atoms with Crippen molar-refractivity contribution in [3.8, 4) is 5.88 Å². The van der Waals surface area contributed by atoms with Crippen molar-refractivity contribution in [3.05, 3.63) is 53.0 Å². The molecule has 1 amide bonds. The molecule has 1 unspecified atom stereocenters. The zero-order valence-corrected chi connectivity index (χ0v) is 19.4. The third kappa shape index (κ3) is 6.81. The van der Waals surface area contributed by atoms with Crippen LogP contribution in [0.3, 0.4) is 0 Å². The van der Waals surface area contributed by atoms with Crippen LogP contribution in [0.25, 0.3) is 0 Å². The predicted octanol–water partition coefficient (Wildman–Crippen LogP) is 4.21. The number of benzene rings is 1. The van der Waals surface area contributed by atoms with Gasteiger partial charge < -0.3 is 10.1 Å². The van der Waals surface area contributed by atoms with Gasteiger partial charge in [-0.2, -0.15) is 13.2 Å². The number of rotatable bonds is 9. The van der Waals surface area contributed by atoms with E-state index in [2.05, 4.69) is 10.3 Å². The van der Waals surface area contributed by atoms with Crippen LogP contribution in [-0.4, -0.2) is 32.2 Å². The molecular weight excluding hydrogens is 478 g/mol. The lowest BCUT2D eigenvalue weighted by atomic mass is 9.86. The molecule has 7 nitrogen and oxygen atoms in total. The number of carbonyl (C=O) groups excluding carboxylic acids is 1. The molecule has 186 valence electrons. The van der Waals surface area contributed by atoms with Crippen LogP contribution in [0.2, 0.25) is 0 Å². The van der Waals surface area contributed by atoms with E-state index in [1.807, 2.05) is 4.72 Å². The van der Waals surface area contributed by atoms with Crippen LogP contribution < -0.4 is 14.8 Å². The molecule has 0 radical (unpaired) electrons. The Balaban J connectivity index is 1.69. The van der Waals surface area contributed by atoms with Gasteiger partial charge >= 0.3 is 6.18 Å². The van der Waals surface area contributed by atoms with E-state index >= 15 is 0 Å². The number of halogens is 4. The number of alkyl halides is 3. The van der Waals surface area contributed by atoms with Gasteiger partial charge in [0, 0.05) is 12.1 Å². The molecule has 1 fully saturated rings. The maximum absolute atomic E-state index is 14.3. The number of sulfonamides is 1. The highest BCUT2D eigenvalue weighted by atomic mass is 32.2. The topological polar surface area (TPSA) is 97.4 Å². The van der Waals surface area contributed by atoms with Gasteiger partial charge in [0.2, 0.25) is 21.8 Å². The fourth-order valence-corrected chi connectivity index (χ4v) is 3.88. The molecule has 1 heterocycles. The smallest absolute Gasteiger partial charge is 0.433 e. The Kier molecular flexibility index (Phi) is 7.69. The lowest BCUT2D eigenvalue weighted by Crippen LogP contribution is -2.28. The van der Waals surface area contributed by atoms with Gasteiger partial charge in [-0.3, -0.25) is 9.52 Å². The molecule has 1 saturated carbocycles. The summed E-state index contributed by atoms with van der Waals surface area (Å²) in [4.78, 5) is 16.2. The molecular formula is C22H25F4N3O4S. The molecule has 0 saturated heterocycles. The monoisotopic (exact) mass is 503 g/mol. The van der Waals surface area contributed by atoms with Crippen molar-refractivity contribution in [2.24, 2.45) is 5.92 Å². The minimum absolute atomic E-state index is 0.134. The van der Waals surface area contributed by atoms with E-state index in [1.165, 1.54) is 25.1 Å². The van der Waals surface area contributed by atoms with Crippen LogP contribution in [0.15, 0.2) is 30.3 Å². The summed E-state index contributed by atoms with van der Waals surface area (Å²) in [5.41, 5.74) is -0.756. The first-order valence-electron chi connectivity index (χ1n) is 10.6. The van der Waals surface area contributed by atoms with E-state index in [1.54, 1.807) is 0 Å². The number of pyridine rings is 1. The summed E-state index contributed by atoms with van der Waals surface area (Å²) in [5, 5.41) is 2.61. The quantitative estimate of drug-likeness (QED) is 0.500. The van der Waals surface area contributed by atoms with Gasteiger partial charge in [-0.05, 0) is 55.5 Å². The van der Waals surface area contributed by atoms with Crippen LogP contribution in [0.5, 0.6) is 5.88 Å². The number of aromatic nitrogens is 1. The molecule has 2 aromatic rings. The van der Waals surface area contributed by atoms with Gasteiger partial charge in [0.05, 0.1) is 24.5 Å². The number of anilines is 1. The summed E-state index contributed by atoms with van der Waals surface area (Å²) in [5.74, 6) is -2.08. The van der Waals surface area contributed by atoms with Crippen LogP contribution in [-0.2, 0) is 27.5 Å². The lowest BCUT2D eigenvalue weighted by Gasteiger charge is -2.25. The normalized spacial score (nSPS) is 15.4. The van der Waals surface area contributed by atoms with Crippen molar-refractivity contribution in [2.75, 3.05) is 17.6 Å². The highest BCUT2D eigenvalue weighted by Gasteiger charge is 2.33. The molecule has 1 aliphatic carbocycles. The number of ether oxygens (including phenoxy) is 1. The summed E-state index contributed by atoms with van der Waals surface area (Å²) in [6.45, 7) is 1.64. The standard InChI is InChI=1S/C22H25F4N3O4S/c1-13(15-6-8-18(17(23)10-15)29-34(2,31)32)20(30)27-11-16-7-9-19(22(24,25)26)28-21(16)33-12-14-4-3-5-14/h6-10,13-14,29H,3-5,11-12H2,1-2H3,(H,27,30). The van der Waals surface area contributed by atoms with Crippen molar-refractivity contribution < 1.29 is 35.5 Å². The maximum atomic E-state index is 14.3. The second kappa shape index (κ2) is 10.2. The van der Waals surface area contributed by atoms with Crippen LogP contribution in [0.4, 0.5) is 23.2 Å². The minimum Gasteiger partial charge on any atom is -0.477 e. The molecule has 2 N–H and O–H groups in total. The molecule has 3 rings (SSSR count). The summed E-state index contributed by atoms with van der Waals surface area (Å²) in [7, 11) is -3.67. The Hall–Kier alpha value is -2.89. The highest BCUT2D eigenvalue weighted by Crippen LogP contribution is 2.32. The predicted molar refractivity (Wildman–Crippen MR) is 117 cm³/mol. The molecule has 1 aliphatic rings. The van der Waals surface area contributed by atoms with Gasteiger partial charge in [0.1, 0.15) is 11.5 Å². The van der Waals surface area contributed by atoms with Crippen molar-refractivity contribution in [3.63, 3.8) is 0 Å². The summed E-state index contributed by atoms with van der Waals surface area (Å²) in [6, 6.07) is 5.70. The first kappa shape index (κ1) is 25.7. The number of carbonyl (C=O) groups is 1. The van der Waals surface area contributed by atoms with E-state index < -0.39 is 39.5 Å². The summed E-state index contributed by atoms with van der Waals surface area (Å²) in [6.07, 6.45) is -0.810. The fraction of sp³-hybridized carbons (Fsp3) is 0.455. The molecule has 34 heavy (non-hydrogen) atoms. The van der Waals surface area contributed by atoms with Crippen molar-refractivity contribution in [2.45, 2.75) is 44.8 Å². The first-order valence-corrected chi connectivity index (χ1v) is 12.5. The number of hydrogen-bond donors (Lipinski definition) is 2. The van der Waals surface area contributed by atoms with Crippen molar-refractivity contribution >= 4 is 21.6 Å². The number of nitrogens with one attached hydrogen (secondary N) is 2. The van der Waals surface area contributed by atoms with Gasteiger partial charge in [0.25, 0.3) is 0 Å².